The lowest BCUT2D eigenvalue weighted by Gasteiger charge is -2.21. The molecular weight excluding hydrogens is 344 g/mol. The predicted molar refractivity (Wildman–Crippen MR) is 97.3 cm³/mol. The summed E-state index contributed by atoms with van der Waals surface area (Å²) >= 11 is 6.67. The Balaban J connectivity index is 1.66. The number of carbonyl (C=O) groups is 1. The second kappa shape index (κ2) is 6.26. The van der Waals surface area contributed by atoms with Crippen LogP contribution < -0.4 is 14.4 Å². The molecule has 0 saturated carbocycles. The van der Waals surface area contributed by atoms with Crippen molar-refractivity contribution in [3.63, 3.8) is 0 Å². The van der Waals surface area contributed by atoms with Crippen LogP contribution in [0.5, 0.6) is 11.5 Å². The Kier molecular flexibility index (Phi) is 3.95. The van der Waals surface area contributed by atoms with E-state index in [9.17, 15) is 4.79 Å². The van der Waals surface area contributed by atoms with E-state index in [2.05, 4.69) is 4.98 Å². The number of ether oxygens (including phenoxy) is 2. The number of thioether (sulfide) groups is 1. The van der Waals surface area contributed by atoms with Crippen LogP contribution in [0.25, 0.3) is 6.08 Å². The lowest BCUT2D eigenvalue weighted by atomic mass is 10.2. The number of thiocarbonyl (C=S) groups is 1. The lowest BCUT2D eigenvalue weighted by Crippen LogP contribution is -2.27. The Morgan fingerprint density at radius 2 is 2.04 bits per heavy atom. The van der Waals surface area contributed by atoms with E-state index in [0.29, 0.717) is 39.6 Å². The summed E-state index contributed by atoms with van der Waals surface area (Å²) in [4.78, 5) is 18.9. The number of aromatic nitrogens is 1. The number of rotatable bonds is 2. The van der Waals surface area contributed by atoms with Gasteiger partial charge in [-0.25, -0.2) is 0 Å². The summed E-state index contributed by atoms with van der Waals surface area (Å²) < 4.78 is 11.6. The molecule has 2 aliphatic rings. The van der Waals surface area contributed by atoms with Crippen LogP contribution in [0.15, 0.2) is 47.6 Å². The van der Waals surface area contributed by atoms with E-state index in [1.807, 2.05) is 18.2 Å². The predicted octanol–water partition coefficient (Wildman–Crippen LogP) is 3.26. The molecule has 1 aromatic carbocycles. The maximum atomic E-state index is 12.7. The number of benzene rings is 1. The van der Waals surface area contributed by atoms with Crippen LogP contribution in [0.3, 0.4) is 0 Å². The van der Waals surface area contributed by atoms with Gasteiger partial charge in [-0.15, -0.1) is 0 Å². The Hall–Kier alpha value is -2.38. The molecule has 0 bridgehead atoms. The molecule has 1 amide bonds. The van der Waals surface area contributed by atoms with Gasteiger partial charge in [0.15, 0.2) is 15.8 Å². The first-order valence-electron chi connectivity index (χ1n) is 7.30. The zero-order valence-electron chi connectivity index (χ0n) is 12.5. The number of hydrogen-bond donors (Lipinski definition) is 0. The molecule has 24 heavy (non-hydrogen) atoms. The molecule has 0 radical (unpaired) electrons. The zero-order chi connectivity index (χ0) is 16.5. The molecule has 0 unspecified atom stereocenters. The van der Waals surface area contributed by atoms with E-state index < -0.39 is 0 Å². The summed E-state index contributed by atoms with van der Waals surface area (Å²) in [5, 5.41) is 0. The van der Waals surface area contributed by atoms with Gasteiger partial charge in [-0.05, 0) is 29.8 Å². The number of carbonyl (C=O) groups excluding carboxylic acids is 1. The zero-order valence-corrected chi connectivity index (χ0v) is 14.1. The van der Waals surface area contributed by atoms with Gasteiger partial charge in [-0.2, -0.15) is 0 Å². The molecule has 4 rings (SSSR count). The summed E-state index contributed by atoms with van der Waals surface area (Å²) in [5.74, 6) is 1.16. The molecule has 2 aliphatic heterocycles. The van der Waals surface area contributed by atoms with Gasteiger partial charge in [0.25, 0.3) is 5.91 Å². The standard InChI is InChI=1S/C17H12N2O3S2/c20-16-15(8-11-2-1-5-18-10-11)24-17(23)19(16)12-3-4-13-14(9-12)22-7-6-21-13/h1-5,8-10H,6-7H2. The van der Waals surface area contributed by atoms with Crippen LogP contribution in [0.2, 0.25) is 0 Å². The SMILES string of the molecule is O=C1C(=Cc2cccnc2)SC(=S)N1c1ccc2c(c1)OCCO2. The number of fused-ring (bicyclic) bond motifs is 1. The Morgan fingerprint density at radius 1 is 1.21 bits per heavy atom. The van der Waals surface area contributed by atoms with Crippen LogP contribution >= 0.6 is 24.0 Å². The van der Waals surface area contributed by atoms with E-state index in [1.54, 1.807) is 30.6 Å². The van der Waals surface area contributed by atoms with Crippen molar-refractivity contribution >= 4 is 46.0 Å². The minimum absolute atomic E-state index is 0.148. The monoisotopic (exact) mass is 356 g/mol. The fourth-order valence-corrected chi connectivity index (χ4v) is 3.77. The lowest BCUT2D eigenvalue weighted by molar-refractivity contribution is -0.113. The van der Waals surface area contributed by atoms with Crippen LogP contribution in [0, 0.1) is 0 Å². The molecule has 0 atom stereocenters. The minimum atomic E-state index is -0.148. The summed E-state index contributed by atoms with van der Waals surface area (Å²) in [5.41, 5.74) is 1.54. The van der Waals surface area contributed by atoms with Crippen molar-refractivity contribution in [3.05, 3.63) is 53.2 Å². The molecular formula is C17H12N2O3S2. The Morgan fingerprint density at radius 3 is 2.83 bits per heavy atom. The maximum absolute atomic E-state index is 12.7. The number of amides is 1. The van der Waals surface area contributed by atoms with Crippen molar-refractivity contribution in [2.24, 2.45) is 0 Å². The quantitative estimate of drug-likeness (QED) is 0.608. The fraction of sp³-hybridized carbons (Fsp3) is 0.118. The molecule has 1 fully saturated rings. The highest BCUT2D eigenvalue weighted by Crippen LogP contribution is 2.40. The first-order valence-corrected chi connectivity index (χ1v) is 8.52. The van der Waals surface area contributed by atoms with Gasteiger partial charge in [-0.1, -0.05) is 30.0 Å². The number of nitrogens with zero attached hydrogens (tertiary/aromatic N) is 2. The molecule has 1 aromatic heterocycles. The fourth-order valence-electron chi connectivity index (χ4n) is 2.47. The normalized spacial score (nSPS) is 18.3. The van der Waals surface area contributed by atoms with E-state index in [4.69, 9.17) is 21.7 Å². The summed E-state index contributed by atoms with van der Waals surface area (Å²) in [7, 11) is 0. The minimum Gasteiger partial charge on any atom is -0.486 e. The molecule has 2 aromatic rings. The van der Waals surface area contributed by atoms with Gasteiger partial charge in [-0.3, -0.25) is 14.7 Å². The average molecular weight is 356 g/mol. The van der Waals surface area contributed by atoms with Crippen LogP contribution in [-0.2, 0) is 4.79 Å². The van der Waals surface area contributed by atoms with Crippen molar-refractivity contribution < 1.29 is 14.3 Å². The van der Waals surface area contributed by atoms with E-state index in [-0.39, 0.29) is 5.91 Å². The van der Waals surface area contributed by atoms with Crippen molar-refractivity contribution in [2.75, 3.05) is 18.1 Å². The van der Waals surface area contributed by atoms with Gasteiger partial charge in [0.05, 0.1) is 10.6 Å². The van der Waals surface area contributed by atoms with Gasteiger partial charge >= 0.3 is 0 Å². The van der Waals surface area contributed by atoms with Gasteiger partial charge < -0.3 is 9.47 Å². The smallest absolute Gasteiger partial charge is 0.270 e. The number of anilines is 1. The highest BCUT2D eigenvalue weighted by molar-refractivity contribution is 8.27. The third-order valence-corrected chi connectivity index (χ3v) is 4.86. The molecule has 3 heterocycles. The third kappa shape index (κ3) is 2.76. The van der Waals surface area contributed by atoms with Crippen LogP contribution in [0.1, 0.15) is 5.56 Å². The van der Waals surface area contributed by atoms with Crippen molar-refractivity contribution in [1.82, 2.24) is 4.98 Å². The maximum Gasteiger partial charge on any atom is 0.270 e. The third-order valence-electron chi connectivity index (χ3n) is 3.56. The van der Waals surface area contributed by atoms with Gasteiger partial charge in [0.1, 0.15) is 13.2 Å². The van der Waals surface area contributed by atoms with E-state index in [0.717, 1.165) is 5.56 Å². The molecule has 0 aliphatic carbocycles. The molecule has 0 spiro atoms. The molecule has 0 N–H and O–H groups in total. The van der Waals surface area contributed by atoms with Gasteiger partial charge in [0.2, 0.25) is 0 Å². The van der Waals surface area contributed by atoms with Crippen LogP contribution in [-0.4, -0.2) is 28.4 Å². The Labute approximate surface area is 148 Å². The largest absolute Gasteiger partial charge is 0.486 e. The molecule has 1 saturated heterocycles. The second-order valence-corrected chi connectivity index (χ2v) is 6.81. The van der Waals surface area contributed by atoms with E-state index in [1.165, 1.54) is 16.7 Å². The summed E-state index contributed by atoms with van der Waals surface area (Å²) in [6, 6.07) is 9.11. The number of hydrogen-bond acceptors (Lipinski definition) is 6. The first-order chi connectivity index (χ1) is 11.7. The van der Waals surface area contributed by atoms with Crippen molar-refractivity contribution in [3.8, 4) is 11.5 Å². The van der Waals surface area contributed by atoms with Crippen molar-refractivity contribution in [1.29, 1.82) is 0 Å². The topological polar surface area (TPSA) is 51.7 Å². The van der Waals surface area contributed by atoms with Crippen LogP contribution in [0.4, 0.5) is 5.69 Å². The van der Waals surface area contributed by atoms with Crippen molar-refractivity contribution in [2.45, 2.75) is 0 Å². The average Bonchev–Trinajstić information content (AvgIpc) is 2.89. The highest BCUT2D eigenvalue weighted by atomic mass is 32.2. The molecule has 5 nitrogen and oxygen atoms in total. The Bertz CT molecular complexity index is 852. The summed E-state index contributed by atoms with van der Waals surface area (Å²) in [6.45, 7) is 1.02. The second-order valence-electron chi connectivity index (χ2n) is 5.13. The first kappa shape index (κ1) is 15.2. The van der Waals surface area contributed by atoms with E-state index >= 15 is 0 Å². The highest BCUT2D eigenvalue weighted by Gasteiger charge is 2.34. The molecule has 120 valence electrons. The molecule has 7 heteroatoms. The van der Waals surface area contributed by atoms with Gasteiger partial charge in [0, 0.05) is 18.5 Å². The summed E-state index contributed by atoms with van der Waals surface area (Å²) in [6.07, 6.45) is 5.19. The number of pyridine rings is 1.